The van der Waals surface area contributed by atoms with Crippen molar-refractivity contribution >= 4 is 27.7 Å². The van der Waals surface area contributed by atoms with Crippen molar-refractivity contribution in [1.29, 1.82) is 0 Å². The van der Waals surface area contributed by atoms with Gasteiger partial charge in [0.25, 0.3) is 0 Å². The van der Waals surface area contributed by atoms with Gasteiger partial charge in [0.1, 0.15) is 0 Å². The smallest absolute Gasteiger partial charge is 0.0231 e. The molecule has 0 aliphatic heterocycles. The summed E-state index contributed by atoms with van der Waals surface area (Å²) in [4.78, 5) is 2.56. The van der Waals surface area contributed by atoms with E-state index in [2.05, 4.69) is 78.4 Å². The summed E-state index contributed by atoms with van der Waals surface area (Å²) in [5.74, 6) is 0. The van der Waals surface area contributed by atoms with E-state index in [0.717, 1.165) is 13.1 Å². The van der Waals surface area contributed by atoms with Gasteiger partial charge in [0.15, 0.2) is 0 Å². The SMILES string of the molecule is CCCNCc1ccc(Sc2ccc(C)c(C)c2)cc1Br. The highest BCUT2D eigenvalue weighted by Crippen LogP contribution is 2.32. The van der Waals surface area contributed by atoms with Crippen molar-refractivity contribution in [3.05, 3.63) is 57.6 Å². The Morgan fingerprint density at radius 2 is 1.71 bits per heavy atom. The van der Waals surface area contributed by atoms with E-state index in [4.69, 9.17) is 0 Å². The zero-order valence-corrected chi connectivity index (χ0v) is 15.3. The number of hydrogen-bond donors (Lipinski definition) is 1. The zero-order chi connectivity index (χ0) is 15.2. The molecule has 1 N–H and O–H groups in total. The number of hydrogen-bond acceptors (Lipinski definition) is 2. The molecule has 21 heavy (non-hydrogen) atoms. The van der Waals surface area contributed by atoms with Crippen molar-refractivity contribution < 1.29 is 0 Å². The first kappa shape index (κ1) is 16.6. The number of halogens is 1. The third-order valence-electron chi connectivity index (χ3n) is 3.48. The lowest BCUT2D eigenvalue weighted by molar-refractivity contribution is 0.673. The van der Waals surface area contributed by atoms with Crippen LogP contribution in [0.1, 0.15) is 30.0 Å². The Hall–Kier alpha value is -0.770. The fourth-order valence-electron chi connectivity index (χ4n) is 2.05. The van der Waals surface area contributed by atoms with Gasteiger partial charge in [-0.3, -0.25) is 0 Å². The van der Waals surface area contributed by atoms with E-state index in [9.17, 15) is 0 Å². The maximum atomic E-state index is 3.69. The summed E-state index contributed by atoms with van der Waals surface area (Å²) in [7, 11) is 0. The van der Waals surface area contributed by atoms with Gasteiger partial charge in [-0.1, -0.05) is 46.7 Å². The van der Waals surface area contributed by atoms with Crippen molar-refractivity contribution in [3.63, 3.8) is 0 Å². The zero-order valence-electron chi connectivity index (χ0n) is 12.9. The Kier molecular flexibility index (Phi) is 6.34. The molecule has 0 spiro atoms. The second-order valence-electron chi connectivity index (χ2n) is 5.28. The number of aryl methyl sites for hydroxylation is 2. The van der Waals surface area contributed by atoms with Crippen molar-refractivity contribution in [3.8, 4) is 0 Å². The van der Waals surface area contributed by atoms with Gasteiger partial charge in [-0.25, -0.2) is 0 Å². The van der Waals surface area contributed by atoms with Crippen LogP contribution in [-0.4, -0.2) is 6.54 Å². The molecule has 0 amide bonds. The minimum absolute atomic E-state index is 0.920. The predicted molar refractivity (Wildman–Crippen MR) is 96.2 cm³/mol. The fraction of sp³-hybridized carbons (Fsp3) is 0.333. The average molecular weight is 364 g/mol. The van der Waals surface area contributed by atoms with Crippen LogP contribution in [0.3, 0.4) is 0 Å². The van der Waals surface area contributed by atoms with Gasteiger partial charge in [0, 0.05) is 20.8 Å². The molecular weight excluding hydrogens is 342 g/mol. The highest BCUT2D eigenvalue weighted by Gasteiger charge is 2.04. The second-order valence-corrected chi connectivity index (χ2v) is 7.28. The van der Waals surface area contributed by atoms with Crippen molar-refractivity contribution in [2.75, 3.05) is 6.54 Å². The maximum Gasteiger partial charge on any atom is 0.0231 e. The van der Waals surface area contributed by atoms with Crippen LogP contribution in [0, 0.1) is 13.8 Å². The van der Waals surface area contributed by atoms with Crippen LogP contribution < -0.4 is 5.32 Å². The number of nitrogens with one attached hydrogen (secondary N) is 1. The van der Waals surface area contributed by atoms with E-state index in [1.165, 1.54) is 37.4 Å². The van der Waals surface area contributed by atoms with Crippen molar-refractivity contribution in [1.82, 2.24) is 5.32 Å². The molecule has 0 atom stereocenters. The summed E-state index contributed by atoms with van der Waals surface area (Å²) in [6.45, 7) is 8.48. The van der Waals surface area contributed by atoms with E-state index >= 15 is 0 Å². The van der Waals surface area contributed by atoms with Crippen LogP contribution in [0.4, 0.5) is 0 Å². The van der Waals surface area contributed by atoms with Crippen LogP contribution >= 0.6 is 27.7 Å². The van der Waals surface area contributed by atoms with Gasteiger partial charge in [-0.2, -0.15) is 0 Å². The quantitative estimate of drug-likeness (QED) is 0.658. The molecule has 0 radical (unpaired) electrons. The molecule has 2 aromatic carbocycles. The van der Waals surface area contributed by atoms with E-state index in [-0.39, 0.29) is 0 Å². The molecule has 2 aromatic rings. The molecule has 0 saturated heterocycles. The van der Waals surface area contributed by atoms with Crippen LogP contribution in [-0.2, 0) is 6.54 Å². The molecule has 0 aliphatic rings. The van der Waals surface area contributed by atoms with Gasteiger partial charge in [-0.05, 0) is 67.8 Å². The lowest BCUT2D eigenvalue weighted by Crippen LogP contribution is -2.14. The third-order valence-corrected chi connectivity index (χ3v) is 5.20. The van der Waals surface area contributed by atoms with E-state index in [0.29, 0.717) is 0 Å². The van der Waals surface area contributed by atoms with Crippen molar-refractivity contribution in [2.45, 2.75) is 43.5 Å². The van der Waals surface area contributed by atoms with Crippen LogP contribution in [0.25, 0.3) is 0 Å². The monoisotopic (exact) mass is 363 g/mol. The Morgan fingerprint density at radius 3 is 2.38 bits per heavy atom. The third kappa shape index (κ3) is 4.87. The van der Waals surface area contributed by atoms with Crippen LogP contribution in [0.15, 0.2) is 50.7 Å². The predicted octanol–water partition coefficient (Wildman–Crippen LogP) is 5.72. The van der Waals surface area contributed by atoms with Crippen molar-refractivity contribution in [2.24, 2.45) is 0 Å². The van der Waals surface area contributed by atoms with Gasteiger partial charge < -0.3 is 5.32 Å². The Labute approximate surface area is 140 Å². The highest BCUT2D eigenvalue weighted by atomic mass is 79.9. The fourth-order valence-corrected chi connectivity index (χ4v) is 3.68. The molecule has 2 rings (SSSR count). The second kappa shape index (κ2) is 8.02. The Balaban J connectivity index is 2.07. The van der Waals surface area contributed by atoms with Gasteiger partial charge in [0.05, 0.1) is 0 Å². The molecule has 0 bridgehead atoms. The molecule has 3 heteroatoms. The van der Waals surface area contributed by atoms with Crippen LogP contribution in [0.2, 0.25) is 0 Å². The molecule has 0 unspecified atom stereocenters. The summed E-state index contributed by atoms with van der Waals surface area (Å²) in [5, 5.41) is 3.44. The first-order valence-electron chi connectivity index (χ1n) is 7.34. The summed E-state index contributed by atoms with van der Waals surface area (Å²) < 4.78 is 1.18. The van der Waals surface area contributed by atoms with Crippen LogP contribution in [0.5, 0.6) is 0 Å². The lowest BCUT2D eigenvalue weighted by atomic mass is 10.1. The lowest BCUT2D eigenvalue weighted by Gasteiger charge is -2.09. The minimum atomic E-state index is 0.920. The standard InChI is InChI=1S/C18H22BrNS/c1-4-9-20-12-15-6-8-17(11-18(15)19)21-16-7-5-13(2)14(3)10-16/h5-8,10-11,20H,4,9,12H2,1-3H3. The number of benzene rings is 2. The summed E-state index contributed by atoms with van der Waals surface area (Å²) in [6.07, 6.45) is 1.17. The molecule has 0 saturated carbocycles. The van der Waals surface area contributed by atoms with E-state index in [1.807, 2.05) is 11.8 Å². The Bertz CT molecular complexity index is 610. The highest BCUT2D eigenvalue weighted by molar-refractivity contribution is 9.10. The maximum absolute atomic E-state index is 3.69. The van der Waals surface area contributed by atoms with Gasteiger partial charge >= 0.3 is 0 Å². The first-order chi connectivity index (χ1) is 10.1. The molecule has 112 valence electrons. The first-order valence-corrected chi connectivity index (χ1v) is 8.95. The largest absolute Gasteiger partial charge is 0.313 e. The van der Waals surface area contributed by atoms with E-state index < -0.39 is 0 Å². The molecule has 1 nitrogen and oxygen atoms in total. The summed E-state index contributed by atoms with van der Waals surface area (Å²) >= 11 is 5.50. The molecule has 0 heterocycles. The van der Waals surface area contributed by atoms with Gasteiger partial charge in [-0.15, -0.1) is 0 Å². The minimum Gasteiger partial charge on any atom is -0.313 e. The Morgan fingerprint density at radius 1 is 1.00 bits per heavy atom. The topological polar surface area (TPSA) is 12.0 Å². The summed E-state index contributed by atoms with van der Waals surface area (Å²) in [5.41, 5.74) is 4.00. The normalized spacial score (nSPS) is 10.9. The number of rotatable bonds is 6. The molecule has 0 fully saturated rings. The van der Waals surface area contributed by atoms with Gasteiger partial charge in [0.2, 0.25) is 0 Å². The molecule has 0 aliphatic carbocycles. The summed E-state index contributed by atoms with van der Waals surface area (Å²) in [6, 6.07) is 13.3. The molecular formula is C18H22BrNS. The van der Waals surface area contributed by atoms with E-state index in [1.54, 1.807) is 0 Å². The molecule has 0 aromatic heterocycles. The average Bonchev–Trinajstić information content (AvgIpc) is 2.45.